The molecule has 1 amide bonds. The van der Waals surface area contributed by atoms with Gasteiger partial charge in [0.1, 0.15) is 0 Å². The third-order valence-corrected chi connectivity index (χ3v) is 6.52. The molecule has 1 N–H and O–H groups in total. The third kappa shape index (κ3) is 3.48. The first-order chi connectivity index (χ1) is 12.0. The molecule has 3 nitrogen and oxygen atoms in total. The molecule has 0 spiro atoms. The minimum absolute atomic E-state index is 0.0261. The highest BCUT2D eigenvalue weighted by molar-refractivity contribution is 7.10. The van der Waals surface area contributed by atoms with E-state index in [2.05, 4.69) is 21.7 Å². The van der Waals surface area contributed by atoms with Crippen molar-refractivity contribution in [3.8, 4) is 0 Å². The number of hydrogen-bond donors (Lipinski definition) is 1. The number of halogens is 1. The zero-order chi connectivity index (χ0) is 17.6. The Morgan fingerprint density at radius 1 is 1.36 bits per heavy atom. The molecule has 132 valence electrons. The minimum atomic E-state index is 0.0261. The predicted octanol–water partition coefficient (Wildman–Crippen LogP) is 4.97. The van der Waals surface area contributed by atoms with E-state index in [1.807, 2.05) is 37.3 Å². The van der Waals surface area contributed by atoms with Crippen LogP contribution in [0, 0.1) is 19.8 Å². The van der Waals surface area contributed by atoms with E-state index in [0.29, 0.717) is 23.5 Å². The van der Waals surface area contributed by atoms with Crippen LogP contribution in [0.5, 0.6) is 0 Å². The lowest BCUT2D eigenvalue weighted by Gasteiger charge is -2.35. The number of rotatable bonds is 4. The molecular formula is C20H23ClN2OS. The average molecular weight is 375 g/mol. The van der Waals surface area contributed by atoms with E-state index in [4.69, 9.17) is 11.6 Å². The summed E-state index contributed by atoms with van der Waals surface area (Å²) in [7, 11) is 0. The maximum Gasteiger partial charge on any atom is 0.238 e. The van der Waals surface area contributed by atoms with Crippen molar-refractivity contribution in [1.29, 1.82) is 0 Å². The molecule has 1 saturated carbocycles. The van der Waals surface area contributed by atoms with Crippen LogP contribution in [0.25, 0.3) is 0 Å². The number of fused-ring (bicyclic) bond motifs is 1. The van der Waals surface area contributed by atoms with E-state index in [1.54, 1.807) is 0 Å². The van der Waals surface area contributed by atoms with Gasteiger partial charge in [-0.15, -0.1) is 11.3 Å². The van der Waals surface area contributed by atoms with Crippen LogP contribution in [0.2, 0.25) is 5.02 Å². The van der Waals surface area contributed by atoms with Gasteiger partial charge in [-0.2, -0.15) is 0 Å². The van der Waals surface area contributed by atoms with E-state index in [9.17, 15) is 4.79 Å². The normalized spacial score (nSPS) is 20.4. The summed E-state index contributed by atoms with van der Waals surface area (Å²) in [6, 6.07) is 6.62. The molecule has 2 aromatic rings. The van der Waals surface area contributed by atoms with Crippen LogP contribution in [-0.2, 0) is 11.2 Å². The number of aryl methyl sites for hydroxylation is 2. The Hall–Kier alpha value is -1.36. The number of carbonyl (C=O) groups is 1. The van der Waals surface area contributed by atoms with Crippen molar-refractivity contribution in [3.05, 3.63) is 50.2 Å². The van der Waals surface area contributed by atoms with Gasteiger partial charge in [-0.05, 0) is 73.2 Å². The van der Waals surface area contributed by atoms with Crippen LogP contribution in [0.15, 0.2) is 23.6 Å². The fourth-order valence-corrected chi connectivity index (χ4v) is 5.26. The summed E-state index contributed by atoms with van der Waals surface area (Å²) in [4.78, 5) is 16.6. The standard InChI is InChI=1S/C20H23ClN2OS/c1-12-9-13(2)19(16(21)10-12)22-18(24)11-23-7-5-17-15(6-8-25-17)20(23)14-3-4-14/h6,8-10,14,20H,3-5,7,11H2,1-2H3,(H,22,24)/t20-/m0/s1. The molecule has 1 atom stereocenters. The van der Waals surface area contributed by atoms with Crippen LogP contribution >= 0.6 is 22.9 Å². The fraction of sp³-hybridized carbons (Fsp3) is 0.450. The van der Waals surface area contributed by atoms with Gasteiger partial charge in [0.15, 0.2) is 0 Å². The van der Waals surface area contributed by atoms with Gasteiger partial charge in [-0.1, -0.05) is 17.7 Å². The topological polar surface area (TPSA) is 32.3 Å². The lowest BCUT2D eigenvalue weighted by atomic mass is 9.96. The summed E-state index contributed by atoms with van der Waals surface area (Å²) in [5, 5.41) is 5.85. The minimum Gasteiger partial charge on any atom is -0.323 e. The van der Waals surface area contributed by atoms with Crippen LogP contribution in [-0.4, -0.2) is 23.9 Å². The summed E-state index contributed by atoms with van der Waals surface area (Å²) in [5.74, 6) is 0.740. The third-order valence-electron chi connectivity index (χ3n) is 5.23. The van der Waals surface area contributed by atoms with Crippen molar-refractivity contribution in [2.45, 2.75) is 39.2 Å². The zero-order valence-corrected chi connectivity index (χ0v) is 16.2. The first-order valence-electron chi connectivity index (χ1n) is 8.90. The molecule has 0 radical (unpaired) electrons. The summed E-state index contributed by atoms with van der Waals surface area (Å²) in [6.45, 7) is 5.39. The highest BCUT2D eigenvalue weighted by Gasteiger charge is 2.40. The quantitative estimate of drug-likeness (QED) is 0.819. The van der Waals surface area contributed by atoms with Gasteiger partial charge in [0, 0.05) is 17.5 Å². The van der Waals surface area contributed by atoms with Gasteiger partial charge in [0.05, 0.1) is 17.3 Å². The first kappa shape index (κ1) is 17.1. The van der Waals surface area contributed by atoms with Gasteiger partial charge in [0.2, 0.25) is 5.91 Å². The molecular weight excluding hydrogens is 352 g/mol. The highest BCUT2D eigenvalue weighted by atomic mass is 35.5. The largest absolute Gasteiger partial charge is 0.323 e. The molecule has 5 heteroatoms. The van der Waals surface area contributed by atoms with Gasteiger partial charge in [0.25, 0.3) is 0 Å². The second kappa shape index (κ2) is 6.75. The second-order valence-corrected chi connectivity index (χ2v) is 8.70. The molecule has 1 aromatic heterocycles. The van der Waals surface area contributed by atoms with Gasteiger partial charge in [-0.3, -0.25) is 9.69 Å². The van der Waals surface area contributed by atoms with Crippen LogP contribution in [0.3, 0.4) is 0 Å². The van der Waals surface area contributed by atoms with E-state index >= 15 is 0 Å². The lowest BCUT2D eigenvalue weighted by molar-refractivity contribution is -0.118. The van der Waals surface area contributed by atoms with Gasteiger partial charge < -0.3 is 5.32 Å². The molecule has 1 aliphatic heterocycles. The van der Waals surface area contributed by atoms with Crippen molar-refractivity contribution in [1.82, 2.24) is 4.90 Å². The molecule has 4 rings (SSSR count). The van der Waals surface area contributed by atoms with E-state index in [0.717, 1.165) is 29.8 Å². The molecule has 0 bridgehead atoms. The van der Waals surface area contributed by atoms with E-state index in [-0.39, 0.29) is 5.91 Å². The molecule has 1 aliphatic carbocycles. The molecule has 1 fully saturated rings. The molecule has 2 heterocycles. The number of hydrogen-bond acceptors (Lipinski definition) is 3. The smallest absolute Gasteiger partial charge is 0.238 e. The van der Waals surface area contributed by atoms with Crippen molar-refractivity contribution in [2.24, 2.45) is 5.92 Å². The second-order valence-electron chi connectivity index (χ2n) is 7.29. The van der Waals surface area contributed by atoms with Gasteiger partial charge in [-0.25, -0.2) is 0 Å². The average Bonchev–Trinajstić information content (AvgIpc) is 3.27. The number of amides is 1. The number of nitrogens with one attached hydrogen (secondary N) is 1. The van der Waals surface area contributed by atoms with Gasteiger partial charge >= 0.3 is 0 Å². The summed E-state index contributed by atoms with van der Waals surface area (Å²) >= 11 is 8.19. The highest BCUT2D eigenvalue weighted by Crippen LogP contribution is 2.48. The van der Waals surface area contributed by atoms with Crippen molar-refractivity contribution in [2.75, 3.05) is 18.4 Å². The Morgan fingerprint density at radius 2 is 2.16 bits per heavy atom. The predicted molar refractivity (Wildman–Crippen MR) is 105 cm³/mol. The van der Waals surface area contributed by atoms with E-state index in [1.165, 1.54) is 23.3 Å². The Bertz CT molecular complexity index is 789. The molecule has 1 aromatic carbocycles. The zero-order valence-electron chi connectivity index (χ0n) is 14.6. The Labute approximate surface area is 158 Å². The lowest BCUT2D eigenvalue weighted by Crippen LogP contribution is -2.41. The first-order valence-corrected chi connectivity index (χ1v) is 10.2. The van der Waals surface area contributed by atoms with Crippen molar-refractivity contribution >= 4 is 34.5 Å². The number of carbonyl (C=O) groups excluding carboxylic acids is 1. The maximum atomic E-state index is 12.7. The number of anilines is 1. The summed E-state index contributed by atoms with van der Waals surface area (Å²) < 4.78 is 0. The number of benzene rings is 1. The number of nitrogens with zero attached hydrogens (tertiary/aromatic N) is 1. The molecule has 0 saturated heterocycles. The Balaban J connectivity index is 1.49. The van der Waals surface area contributed by atoms with Crippen LogP contribution < -0.4 is 5.32 Å². The monoisotopic (exact) mass is 374 g/mol. The fourth-order valence-electron chi connectivity index (χ4n) is 3.98. The van der Waals surface area contributed by atoms with Crippen LogP contribution in [0.4, 0.5) is 5.69 Å². The summed E-state index contributed by atoms with van der Waals surface area (Å²) in [6.07, 6.45) is 3.61. The number of thiophene rings is 1. The Morgan fingerprint density at radius 3 is 2.88 bits per heavy atom. The van der Waals surface area contributed by atoms with Crippen molar-refractivity contribution in [3.63, 3.8) is 0 Å². The SMILES string of the molecule is Cc1cc(C)c(NC(=O)CN2CCc3sccc3[C@@H]2C2CC2)c(Cl)c1. The molecule has 2 aliphatic rings. The molecule has 0 unspecified atom stereocenters. The maximum absolute atomic E-state index is 12.7. The van der Waals surface area contributed by atoms with E-state index < -0.39 is 0 Å². The summed E-state index contributed by atoms with van der Waals surface area (Å²) in [5.41, 5.74) is 4.32. The van der Waals surface area contributed by atoms with Crippen molar-refractivity contribution < 1.29 is 4.79 Å². The Kier molecular flexibility index (Phi) is 4.61. The van der Waals surface area contributed by atoms with Crippen LogP contribution in [0.1, 0.15) is 40.5 Å². The molecule has 25 heavy (non-hydrogen) atoms.